The van der Waals surface area contributed by atoms with E-state index in [9.17, 15) is 4.79 Å². The topological polar surface area (TPSA) is 20.3 Å². The van der Waals surface area contributed by atoms with Gasteiger partial charge in [-0.2, -0.15) is 0 Å². The highest BCUT2D eigenvalue weighted by atomic mass is 16.1. The molecule has 1 aliphatic heterocycles. The summed E-state index contributed by atoms with van der Waals surface area (Å²) in [5.74, 6) is 0.306. The van der Waals surface area contributed by atoms with Crippen LogP contribution in [0.3, 0.4) is 0 Å². The maximum Gasteiger partial charge on any atom is 0.157 e. The molecule has 0 N–H and O–H groups in total. The second-order valence-electron chi connectivity index (χ2n) is 5.80. The van der Waals surface area contributed by atoms with E-state index in [1.54, 1.807) is 0 Å². The number of carbonyl (C=O) groups excluding carboxylic acids is 1. The molecule has 0 amide bonds. The van der Waals surface area contributed by atoms with Gasteiger partial charge in [0.25, 0.3) is 0 Å². The molecule has 0 spiro atoms. The van der Waals surface area contributed by atoms with E-state index in [-0.39, 0.29) is 5.41 Å². The highest BCUT2D eigenvalue weighted by molar-refractivity contribution is 5.91. The van der Waals surface area contributed by atoms with Crippen molar-refractivity contribution in [3.63, 3.8) is 0 Å². The van der Waals surface area contributed by atoms with Gasteiger partial charge in [-0.3, -0.25) is 4.79 Å². The molecule has 1 aliphatic carbocycles. The Morgan fingerprint density at radius 3 is 2.67 bits per heavy atom. The maximum atomic E-state index is 11.6. The van der Waals surface area contributed by atoms with E-state index < -0.39 is 0 Å². The second kappa shape index (κ2) is 3.66. The van der Waals surface area contributed by atoms with Gasteiger partial charge in [0.05, 0.1) is 0 Å². The third kappa shape index (κ3) is 2.24. The van der Waals surface area contributed by atoms with Crippen molar-refractivity contribution in [3.8, 4) is 0 Å². The van der Waals surface area contributed by atoms with Gasteiger partial charge in [0.1, 0.15) is 0 Å². The number of nitrogens with zero attached hydrogens (tertiary/aromatic N) is 1. The van der Waals surface area contributed by atoms with Gasteiger partial charge >= 0.3 is 0 Å². The van der Waals surface area contributed by atoms with Crippen molar-refractivity contribution in [2.75, 3.05) is 6.54 Å². The summed E-state index contributed by atoms with van der Waals surface area (Å²) < 4.78 is 0. The standard InChI is InChI=1S/C13H21NO/c1-10-5-4-6-14(10)11-7-12(15)9-13(2,3)8-11/h7,10H,4-6,8-9H2,1-3H3. The van der Waals surface area contributed by atoms with E-state index in [4.69, 9.17) is 0 Å². The number of likely N-dealkylation sites (tertiary alicyclic amines) is 1. The second-order valence-corrected chi connectivity index (χ2v) is 5.80. The van der Waals surface area contributed by atoms with Gasteiger partial charge in [-0.25, -0.2) is 0 Å². The van der Waals surface area contributed by atoms with Gasteiger partial charge in [-0.1, -0.05) is 13.8 Å². The first-order valence-corrected chi connectivity index (χ1v) is 5.98. The number of hydrogen-bond donors (Lipinski definition) is 0. The Kier molecular flexibility index (Phi) is 2.61. The quantitative estimate of drug-likeness (QED) is 0.659. The lowest BCUT2D eigenvalue weighted by Gasteiger charge is -2.35. The van der Waals surface area contributed by atoms with Crippen LogP contribution in [0.4, 0.5) is 0 Å². The molecule has 0 aromatic heterocycles. The highest BCUT2D eigenvalue weighted by Crippen LogP contribution is 2.37. The Balaban J connectivity index is 2.18. The molecule has 0 bridgehead atoms. The van der Waals surface area contributed by atoms with E-state index in [1.807, 2.05) is 6.08 Å². The minimum Gasteiger partial charge on any atom is -0.372 e. The molecule has 15 heavy (non-hydrogen) atoms. The Bertz CT molecular complexity index is 304. The van der Waals surface area contributed by atoms with E-state index >= 15 is 0 Å². The van der Waals surface area contributed by atoms with Crippen LogP contribution in [-0.4, -0.2) is 23.3 Å². The van der Waals surface area contributed by atoms with E-state index in [1.165, 1.54) is 18.5 Å². The van der Waals surface area contributed by atoms with Crippen LogP contribution in [0.5, 0.6) is 0 Å². The van der Waals surface area contributed by atoms with Crippen LogP contribution in [0.25, 0.3) is 0 Å². The Hall–Kier alpha value is -0.790. The molecule has 1 fully saturated rings. The first-order chi connectivity index (χ1) is 6.98. The van der Waals surface area contributed by atoms with Gasteiger partial charge in [0.15, 0.2) is 5.78 Å². The molecule has 1 unspecified atom stereocenters. The molecule has 1 atom stereocenters. The molecule has 0 radical (unpaired) electrons. The number of rotatable bonds is 1. The summed E-state index contributed by atoms with van der Waals surface area (Å²) in [5.41, 5.74) is 1.44. The van der Waals surface area contributed by atoms with Crippen molar-refractivity contribution in [2.24, 2.45) is 5.41 Å². The third-order valence-corrected chi connectivity index (χ3v) is 3.56. The molecular formula is C13H21NO. The number of carbonyl (C=O) groups is 1. The van der Waals surface area contributed by atoms with Crippen LogP contribution >= 0.6 is 0 Å². The molecule has 1 saturated heterocycles. The molecule has 2 rings (SSSR count). The summed E-state index contributed by atoms with van der Waals surface area (Å²) in [7, 11) is 0. The predicted octanol–water partition coefficient (Wildman–Crippen LogP) is 2.74. The normalized spacial score (nSPS) is 30.6. The summed E-state index contributed by atoms with van der Waals surface area (Å²) in [5, 5.41) is 0. The van der Waals surface area contributed by atoms with Crippen LogP contribution < -0.4 is 0 Å². The fourth-order valence-electron chi connectivity index (χ4n) is 2.86. The van der Waals surface area contributed by atoms with Crippen LogP contribution in [0.2, 0.25) is 0 Å². The van der Waals surface area contributed by atoms with Gasteiger partial charge in [-0.15, -0.1) is 0 Å². The van der Waals surface area contributed by atoms with Gasteiger partial charge < -0.3 is 4.90 Å². The van der Waals surface area contributed by atoms with Gasteiger partial charge in [-0.05, 0) is 31.6 Å². The fraction of sp³-hybridized carbons (Fsp3) is 0.769. The van der Waals surface area contributed by atoms with E-state index in [0.717, 1.165) is 13.0 Å². The largest absolute Gasteiger partial charge is 0.372 e. The summed E-state index contributed by atoms with van der Waals surface area (Å²) in [6.07, 6.45) is 6.19. The number of allylic oxidation sites excluding steroid dienone is 2. The van der Waals surface area contributed by atoms with Crippen molar-refractivity contribution < 1.29 is 4.79 Å². The Morgan fingerprint density at radius 2 is 2.13 bits per heavy atom. The molecule has 0 saturated carbocycles. The summed E-state index contributed by atoms with van der Waals surface area (Å²) >= 11 is 0. The van der Waals surface area contributed by atoms with Crippen LogP contribution in [0.15, 0.2) is 11.8 Å². The van der Waals surface area contributed by atoms with Crippen molar-refractivity contribution in [2.45, 2.75) is 52.5 Å². The number of ketones is 1. The predicted molar refractivity (Wildman–Crippen MR) is 61.5 cm³/mol. The molecule has 2 aliphatic rings. The van der Waals surface area contributed by atoms with Gasteiger partial charge in [0, 0.05) is 30.8 Å². The minimum absolute atomic E-state index is 0.156. The Labute approximate surface area is 92.3 Å². The average Bonchev–Trinajstić information content (AvgIpc) is 2.47. The summed E-state index contributed by atoms with van der Waals surface area (Å²) in [4.78, 5) is 14.1. The monoisotopic (exact) mass is 207 g/mol. The van der Waals surface area contributed by atoms with Crippen molar-refractivity contribution in [1.82, 2.24) is 4.90 Å². The van der Waals surface area contributed by atoms with Crippen molar-refractivity contribution in [1.29, 1.82) is 0 Å². The van der Waals surface area contributed by atoms with Crippen molar-refractivity contribution in [3.05, 3.63) is 11.8 Å². The van der Waals surface area contributed by atoms with Crippen LogP contribution in [-0.2, 0) is 4.79 Å². The zero-order valence-corrected chi connectivity index (χ0v) is 10.0. The number of hydrogen-bond acceptors (Lipinski definition) is 2. The molecule has 84 valence electrons. The zero-order valence-electron chi connectivity index (χ0n) is 10.0. The highest BCUT2D eigenvalue weighted by Gasteiger charge is 2.32. The van der Waals surface area contributed by atoms with Crippen LogP contribution in [0.1, 0.15) is 46.5 Å². The molecule has 0 aromatic rings. The average molecular weight is 207 g/mol. The minimum atomic E-state index is 0.156. The third-order valence-electron chi connectivity index (χ3n) is 3.56. The maximum absolute atomic E-state index is 11.6. The lowest BCUT2D eigenvalue weighted by molar-refractivity contribution is -0.117. The molecular weight excluding hydrogens is 186 g/mol. The van der Waals surface area contributed by atoms with Crippen LogP contribution in [0, 0.1) is 5.41 Å². The summed E-state index contributed by atoms with van der Waals surface area (Å²) in [6, 6.07) is 0.623. The van der Waals surface area contributed by atoms with E-state index in [2.05, 4.69) is 25.7 Å². The molecule has 2 nitrogen and oxygen atoms in total. The van der Waals surface area contributed by atoms with E-state index in [0.29, 0.717) is 18.2 Å². The zero-order chi connectivity index (χ0) is 11.1. The smallest absolute Gasteiger partial charge is 0.157 e. The first-order valence-electron chi connectivity index (χ1n) is 5.98. The van der Waals surface area contributed by atoms with Gasteiger partial charge in [0.2, 0.25) is 0 Å². The van der Waals surface area contributed by atoms with Crippen molar-refractivity contribution >= 4 is 5.78 Å². The lowest BCUT2D eigenvalue weighted by Crippen LogP contribution is -2.33. The molecule has 0 aromatic carbocycles. The first kappa shape index (κ1) is 10.7. The molecule has 2 heteroatoms. The lowest BCUT2D eigenvalue weighted by atomic mass is 9.78. The fourth-order valence-corrected chi connectivity index (χ4v) is 2.86. The SMILES string of the molecule is CC1CCCN1C1=CC(=O)CC(C)(C)C1. The Morgan fingerprint density at radius 1 is 1.40 bits per heavy atom. The molecule has 1 heterocycles. The summed E-state index contributed by atoms with van der Waals surface area (Å²) in [6.45, 7) is 7.79.